The molecule has 0 amide bonds. The molecule has 1 aliphatic rings. The Hall–Kier alpha value is -1.10. The zero-order valence-corrected chi connectivity index (χ0v) is 9.50. The molecule has 17 heavy (non-hydrogen) atoms. The maximum atomic E-state index is 12.3. The van der Waals surface area contributed by atoms with Gasteiger partial charge in [0, 0.05) is 12.8 Å². The van der Waals surface area contributed by atoms with Gasteiger partial charge in [0.1, 0.15) is 5.69 Å². The molecular formula is C12H14F3NO. The third-order valence-electron chi connectivity index (χ3n) is 2.99. The molecule has 1 fully saturated rings. The molecule has 2 rings (SSSR count). The normalized spacial score (nSPS) is 25.9. The van der Waals surface area contributed by atoms with Gasteiger partial charge < -0.3 is 4.74 Å². The third-order valence-corrected chi connectivity index (χ3v) is 2.99. The molecule has 1 aromatic heterocycles. The van der Waals surface area contributed by atoms with E-state index in [1.54, 1.807) is 0 Å². The molecule has 0 aromatic carbocycles. The van der Waals surface area contributed by atoms with Crippen LogP contribution in [0.15, 0.2) is 18.3 Å². The van der Waals surface area contributed by atoms with E-state index in [0.717, 1.165) is 24.5 Å². The summed E-state index contributed by atoms with van der Waals surface area (Å²) in [5.74, 6) is 0.538. The van der Waals surface area contributed by atoms with Gasteiger partial charge in [0.15, 0.2) is 0 Å². The van der Waals surface area contributed by atoms with Gasteiger partial charge in [0.05, 0.1) is 6.10 Å². The summed E-state index contributed by atoms with van der Waals surface area (Å²) in [6.45, 7) is 2.78. The predicted octanol–water partition coefficient (Wildman–Crippen LogP) is 3.59. The first-order chi connectivity index (χ1) is 7.97. The molecule has 0 spiro atoms. The lowest BCUT2D eigenvalue weighted by molar-refractivity contribution is -0.141. The van der Waals surface area contributed by atoms with Crippen molar-refractivity contribution >= 4 is 0 Å². The van der Waals surface area contributed by atoms with Crippen molar-refractivity contribution in [3.63, 3.8) is 0 Å². The van der Waals surface area contributed by atoms with Crippen molar-refractivity contribution in [3.8, 4) is 0 Å². The number of halogens is 3. The van der Waals surface area contributed by atoms with Gasteiger partial charge in [-0.25, -0.2) is 0 Å². The smallest absolute Gasteiger partial charge is 0.373 e. The summed E-state index contributed by atoms with van der Waals surface area (Å²) in [6, 6.07) is 2.47. The highest BCUT2D eigenvalue weighted by molar-refractivity contribution is 5.18. The molecular weight excluding hydrogens is 231 g/mol. The van der Waals surface area contributed by atoms with Crippen molar-refractivity contribution in [2.45, 2.75) is 32.0 Å². The Morgan fingerprint density at radius 3 is 2.65 bits per heavy atom. The number of hydrogen-bond acceptors (Lipinski definition) is 2. The van der Waals surface area contributed by atoms with Crippen LogP contribution in [0.1, 0.15) is 37.1 Å². The van der Waals surface area contributed by atoms with Crippen molar-refractivity contribution < 1.29 is 17.9 Å². The Balaban J connectivity index is 2.12. The van der Waals surface area contributed by atoms with E-state index in [1.807, 2.05) is 0 Å². The fraction of sp³-hybridized carbons (Fsp3) is 0.583. The summed E-state index contributed by atoms with van der Waals surface area (Å²) in [6.07, 6.45) is -1.38. The fourth-order valence-electron chi connectivity index (χ4n) is 1.96. The Morgan fingerprint density at radius 1 is 1.35 bits per heavy atom. The summed E-state index contributed by atoms with van der Waals surface area (Å²) in [5, 5.41) is 0. The van der Waals surface area contributed by atoms with E-state index in [4.69, 9.17) is 4.74 Å². The van der Waals surface area contributed by atoms with Gasteiger partial charge in [-0.3, -0.25) is 4.98 Å². The van der Waals surface area contributed by atoms with Crippen LogP contribution < -0.4 is 0 Å². The summed E-state index contributed by atoms with van der Waals surface area (Å²) in [4.78, 5) is 3.45. The van der Waals surface area contributed by atoms with Gasteiger partial charge in [0.2, 0.25) is 0 Å². The average Bonchev–Trinajstić information content (AvgIpc) is 2.28. The average molecular weight is 245 g/mol. The first kappa shape index (κ1) is 12.4. The highest BCUT2D eigenvalue weighted by atomic mass is 19.4. The molecule has 0 unspecified atom stereocenters. The number of hydrogen-bond donors (Lipinski definition) is 0. The highest BCUT2D eigenvalue weighted by Crippen LogP contribution is 2.32. The Kier molecular flexibility index (Phi) is 3.38. The van der Waals surface area contributed by atoms with Crippen molar-refractivity contribution in [3.05, 3.63) is 29.6 Å². The van der Waals surface area contributed by atoms with E-state index >= 15 is 0 Å². The van der Waals surface area contributed by atoms with Gasteiger partial charge in [-0.15, -0.1) is 0 Å². The van der Waals surface area contributed by atoms with E-state index < -0.39 is 11.9 Å². The minimum atomic E-state index is -4.38. The monoisotopic (exact) mass is 245 g/mol. The van der Waals surface area contributed by atoms with Gasteiger partial charge in [-0.05, 0) is 30.4 Å². The Bertz CT molecular complexity index is 374. The SMILES string of the molecule is C[C@H]1CCO[C@@H](c2ccc(C(F)(F)F)nc2)C1. The number of rotatable bonds is 1. The molecule has 1 aliphatic heterocycles. The molecule has 1 aromatic rings. The maximum absolute atomic E-state index is 12.3. The van der Waals surface area contributed by atoms with Gasteiger partial charge in [0.25, 0.3) is 0 Å². The van der Waals surface area contributed by atoms with E-state index in [2.05, 4.69) is 11.9 Å². The van der Waals surface area contributed by atoms with E-state index in [1.165, 1.54) is 12.3 Å². The van der Waals surface area contributed by atoms with Crippen LogP contribution >= 0.6 is 0 Å². The van der Waals surface area contributed by atoms with Crippen LogP contribution in [0.3, 0.4) is 0 Å². The van der Waals surface area contributed by atoms with Gasteiger partial charge in [-0.1, -0.05) is 13.0 Å². The van der Waals surface area contributed by atoms with E-state index in [0.29, 0.717) is 12.5 Å². The summed E-state index contributed by atoms with van der Waals surface area (Å²) < 4.78 is 42.5. The summed E-state index contributed by atoms with van der Waals surface area (Å²) >= 11 is 0. The first-order valence-corrected chi connectivity index (χ1v) is 5.61. The second-order valence-electron chi connectivity index (χ2n) is 4.46. The van der Waals surface area contributed by atoms with Crippen molar-refractivity contribution in [2.24, 2.45) is 5.92 Å². The van der Waals surface area contributed by atoms with Crippen LogP contribution in [-0.2, 0) is 10.9 Å². The standard InChI is InChI=1S/C12H14F3NO/c1-8-4-5-17-10(6-8)9-2-3-11(16-7-9)12(13,14)15/h2-3,7-8,10H,4-6H2,1H3/t8-,10+/m0/s1. The Labute approximate surface area is 97.8 Å². The van der Waals surface area contributed by atoms with E-state index in [9.17, 15) is 13.2 Å². The third kappa shape index (κ3) is 2.97. The molecule has 0 N–H and O–H groups in total. The Morgan fingerprint density at radius 2 is 2.12 bits per heavy atom. The van der Waals surface area contributed by atoms with Crippen LogP contribution in [0.25, 0.3) is 0 Å². The molecule has 94 valence electrons. The fourth-order valence-corrected chi connectivity index (χ4v) is 1.96. The molecule has 2 atom stereocenters. The van der Waals surface area contributed by atoms with E-state index in [-0.39, 0.29) is 6.10 Å². The zero-order chi connectivity index (χ0) is 12.5. The largest absolute Gasteiger partial charge is 0.433 e. The van der Waals surface area contributed by atoms with Gasteiger partial charge >= 0.3 is 6.18 Å². The molecule has 0 bridgehead atoms. The first-order valence-electron chi connectivity index (χ1n) is 5.61. The second-order valence-corrected chi connectivity index (χ2v) is 4.46. The second kappa shape index (κ2) is 4.64. The topological polar surface area (TPSA) is 22.1 Å². The van der Waals surface area contributed by atoms with Crippen molar-refractivity contribution in [2.75, 3.05) is 6.61 Å². The minimum Gasteiger partial charge on any atom is -0.373 e. The lowest BCUT2D eigenvalue weighted by Gasteiger charge is -2.27. The summed E-state index contributed by atoms with van der Waals surface area (Å²) in [5.41, 5.74) is -0.130. The van der Waals surface area contributed by atoms with Crippen molar-refractivity contribution in [1.82, 2.24) is 4.98 Å². The number of nitrogens with zero attached hydrogens (tertiary/aromatic N) is 1. The molecule has 2 nitrogen and oxygen atoms in total. The number of aromatic nitrogens is 1. The van der Waals surface area contributed by atoms with Crippen LogP contribution in [-0.4, -0.2) is 11.6 Å². The van der Waals surface area contributed by atoms with Crippen LogP contribution in [0.4, 0.5) is 13.2 Å². The summed E-state index contributed by atoms with van der Waals surface area (Å²) in [7, 11) is 0. The van der Waals surface area contributed by atoms with Crippen LogP contribution in [0.2, 0.25) is 0 Å². The predicted molar refractivity (Wildman–Crippen MR) is 56.3 cm³/mol. The molecule has 5 heteroatoms. The molecule has 1 saturated heterocycles. The molecule has 0 aliphatic carbocycles. The molecule has 0 radical (unpaired) electrons. The van der Waals surface area contributed by atoms with Crippen molar-refractivity contribution in [1.29, 1.82) is 0 Å². The maximum Gasteiger partial charge on any atom is 0.433 e. The highest BCUT2D eigenvalue weighted by Gasteiger charge is 2.32. The number of ether oxygens (including phenoxy) is 1. The quantitative estimate of drug-likeness (QED) is 0.754. The van der Waals surface area contributed by atoms with Crippen LogP contribution in [0, 0.1) is 5.92 Å². The lowest BCUT2D eigenvalue weighted by Crippen LogP contribution is -2.18. The molecule has 0 saturated carbocycles. The zero-order valence-electron chi connectivity index (χ0n) is 9.50. The minimum absolute atomic E-state index is 0.117. The number of alkyl halides is 3. The van der Waals surface area contributed by atoms with Crippen LogP contribution in [0.5, 0.6) is 0 Å². The number of pyridine rings is 1. The molecule has 2 heterocycles. The lowest BCUT2D eigenvalue weighted by atomic mass is 9.94. The van der Waals surface area contributed by atoms with Gasteiger partial charge in [-0.2, -0.15) is 13.2 Å².